The third-order valence-electron chi connectivity index (χ3n) is 4.41. The summed E-state index contributed by atoms with van der Waals surface area (Å²) in [6.07, 6.45) is 1.81. The number of thiol groups is 1. The van der Waals surface area contributed by atoms with Gasteiger partial charge in [-0.05, 0) is 42.0 Å². The number of carbonyl (C=O) groups is 1. The standard InChI is InChI=1S/C21H15ClFN3OS/c22-17-4-2-1-3-13(17)10-19(27)18-9-14-11-24-20(12-28)25-21(14)26(18)16-7-5-15(23)6-8-16/h1-9,11,28H,10,12H2. The molecule has 4 aromatic rings. The van der Waals surface area contributed by atoms with Crippen molar-refractivity contribution in [2.45, 2.75) is 12.2 Å². The number of hydrogen-bond acceptors (Lipinski definition) is 4. The van der Waals surface area contributed by atoms with Gasteiger partial charge in [-0.2, -0.15) is 12.6 Å². The number of benzene rings is 2. The number of ketones is 1. The first-order valence-corrected chi connectivity index (χ1v) is 9.58. The van der Waals surface area contributed by atoms with Gasteiger partial charge >= 0.3 is 0 Å². The lowest BCUT2D eigenvalue weighted by atomic mass is 10.1. The van der Waals surface area contributed by atoms with Crippen molar-refractivity contribution in [1.29, 1.82) is 0 Å². The number of hydrogen-bond donors (Lipinski definition) is 1. The minimum Gasteiger partial charge on any atom is -0.292 e. The highest BCUT2D eigenvalue weighted by atomic mass is 35.5. The predicted octanol–water partition coefficient (Wildman–Crippen LogP) is 5.07. The Kier molecular flexibility index (Phi) is 5.15. The molecule has 0 amide bonds. The molecule has 0 N–H and O–H groups in total. The zero-order valence-electron chi connectivity index (χ0n) is 14.6. The monoisotopic (exact) mass is 411 g/mol. The van der Waals surface area contributed by atoms with Gasteiger partial charge in [-0.15, -0.1) is 0 Å². The molecule has 0 fully saturated rings. The van der Waals surface area contributed by atoms with Crippen molar-refractivity contribution in [1.82, 2.24) is 14.5 Å². The maximum Gasteiger partial charge on any atom is 0.184 e. The van der Waals surface area contributed by atoms with E-state index in [1.54, 1.807) is 35.0 Å². The quantitative estimate of drug-likeness (QED) is 0.368. The van der Waals surface area contributed by atoms with E-state index < -0.39 is 0 Å². The van der Waals surface area contributed by atoms with Crippen LogP contribution in [0.4, 0.5) is 4.39 Å². The van der Waals surface area contributed by atoms with Gasteiger partial charge in [0.05, 0.1) is 11.4 Å². The fourth-order valence-corrected chi connectivity index (χ4v) is 3.42. The molecular weight excluding hydrogens is 397 g/mol. The van der Waals surface area contributed by atoms with Gasteiger partial charge in [-0.1, -0.05) is 29.8 Å². The molecule has 0 saturated carbocycles. The van der Waals surface area contributed by atoms with Crippen LogP contribution in [0.2, 0.25) is 5.02 Å². The Hall–Kier alpha value is -2.70. The Bertz CT molecular complexity index is 1170. The van der Waals surface area contributed by atoms with Crippen LogP contribution in [0.3, 0.4) is 0 Å². The van der Waals surface area contributed by atoms with Gasteiger partial charge in [0.1, 0.15) is 17.3 Å². The number of fused-ring (bicyclic) bond motifs is 1. The number of rotatable bonds is 5. The molecule has 4 rings (SSSR count). The van der Waals surface area contributed by atoms with Crippen LogP contribution in [-0.4, -0.2) is 20.3 Å². The Morgan fingerprint density at radius 3 is 2.61 bits per heavy atom. The lowest BCUT2D eigenvalue weighted by molar-refractivity contribution is 0.0987. The van der Waals surface area contributed by atoms with E-state index in [1.165, 1.54) is 12.1 Å². The van der Waals surface area contributed by atoms with E-state index >= 15 is 0 Å². The summed E-state index contributed by atoms with van der Waals surface area (Å²) in [6.45, 7) is 0. The first-order chi connectivity index (χ1) is 13.6. The summed E-state index contributed by atoms with van der Waals surface area (Å²) in [7, 11) is 0. The van der Waals surface area contributed by atoms with Crippen LogP contribution in [0.25, 0.3) is 16.7 Å². The minimum atomic E-state index is -0.352. The van der Waals surface area contributed by atoms with Crippen LogP contribution in [0, 0.1) is 5.82 Å². The SMILES string of the molecule is O=C(Cc1ccccc1Cl)c1cc2cnc(CS)nc2n1-c1ccc(F)cc1. The van der Waals surface area contributed by atoms with E-state index in [0.29, 0.717) is 33.6 Å². The molecule has 0 bridgehead atoms. The molecule has 28 heavy (non-hydrogen) atoms. The van der Waals surface area contributed by atoms with Crippen LogP contribution in [-0.2, 0) is 12.2 Å². The minimum absolute atomic E-state index is 0.122. The van der Waals surface area contributed by atoms with Crippen molar-refractivity contribution < 1.29 is 9.18 Å². The first kappa shape index (κ1) is 18.7. The van der Waals surface area contributed by atoms with E-state index in [-0.39, 0.29) is 18.0 Å². The molecule has 2 heterocycles. The van der Waals surface area contributed by atoms with Gasteiger partial charge < -0.3 is 0 Å². The molecule has 0 spiro atoms. The summed E-state index contributed by atoms with van der Waals surface area (Å²) >= 11 is 10.4. The molecular formula is C21H15ClFN3OS. The number of halogens is 2. The second-order valence-electron chi connectivity index (χ2n) is 6.26. The van der Waals surface area contributed by atoms with E-state index in [4.69, 9.17) is 11.6 Å². The molecule has 7 heteroatoms. The van der Waals surface area contributed by atoms with Gasteiger partial charge in [0.25, 0.3) is 0 Å². The Morgan fingerprint density at radius 1 is 1.14 bits per heavy atom. The highest BCUT2D eigenvalue weighted by Gasteiger charge is 2.20. The summed E-state index contributed by atoms with van der Waals surface area (Å²) in [5.41, 5.74) is 2.40. The fourth-order valence-electron chi connectivity index (χ4n) is 3.06. The number of carbonyl (C=O) groups excluding carboxylic acids is 1. The zero-order valence-corrected chi connectivity index (χ0v) is 16.3. The molecule has 2 aromatic carbocycles. The largest absolute Gasteiger partial charge is 0.292 e. The van der Waals surface area contributed by atoms with Gasteiger partial charge in [-0.3, -0.25) is 9.36 Å². The van der Waals surface area contributed by atoms with Crippen LogP contribution in [0.5, 0.6) is 0 Å². The smallest absolute Gasteiger partial charge is 0.184 e. The Balaban J connectivity index is 1.87. The second kappa shape index (κ2) is 7.73. The molecule has 0 aliphatic heterocycles. The van der Waals surface area contributed by atoms with E-state index in [0.717, 1.165) is 10.9 Å². The lowest BCUT2D eigenvalue weighted by Gasteiger charge is -2.10. The third-order valence-corrected chi connectivity index (χ3v) is 5.06. The molecule has 0 saturated heterocycles. The van der Waals surface area contributed by atoms with Crippen molar-refractivity contribution in [3.63, 3.8) is 0 Å². The van der Waals surface area contributed by atoms with Crippen molar-refractivity contribution in [2.24, 2.45) is 0 Å². The highest BCUT2D eigenvalue weighted by molar-refractivity contribution is 7.79. The first-order valence-electron chi connectivity index (χ1n) is 8.57. The van der Waals surface area contributed by atoms with Crippen molar-refractivity contribution in [3.8, 4) is 5.69 Å². The van der Waals surface area contributed by atoms with Crippen molar-refractivity contribution in [3.05, 3.63) is 88.7 Å². The average molecular weight is 412 g/mol. The molecule has 4 nitrogen and oxygen atoms in total. The molecule has 0 atom stereocenters. The van der Waals surface area contributed by atoms with E-state index in [1.807, 2.05) is 18.2 Å². The summed E-state index contributed by atoms with van der Waals surface area (Å²) in [6, 6.07) is 14.9. The summed E-state index contributed by atoms with van der Waals surface area (Å²) < 4.78 is 15.2. The molecule has 140 valence electrons. The van der Waals surface area contributed by atoms with E-state index in [9.17, 15) is 9.18 Å². The number of aromatic nitrogens is 3. The Labute approximate surface area is 171 Å². The van der Waals surface area contributed by atoms with Crippen LogP contribution >= 0.6 is 24.2 Å². The zero-order chi connectivity index (χ0) is 19.7. The summed E-state index contributed by atoms with van der Waals surface area (Å²) in [5, 5.41) is 1.26. The average Bonchev–Trinajstić information content (AvgIpc) is 3.09. The van der Waals surface area contributed by atoms with Crippen molar-refractivity contribution >= 4 is 41.0 Å². The van der Waals surface area contributed by atoms with Gasteiger partial charge in [-0.25, -0.2) is 14.4 Å². The molecule has 0 radical (unpaired) electrons. The lowest BCUT2D eigenvalue weighted by Crippen LogP contribution is -2.11. The highest BCUT2D eigenvalue weighted by Crippen LogP contribution is 2.26. The molecule has 0 aliphatic carbocycles. The normalized spacial score (nSPS) is 11.1. The third kappa shape index (κ3) is 3.53. The van der Waals surface area contributed by atoms with Crippen LogP contribution < -0.4 is 0 Å². The predicted molar refractivity (Wildman–Crippen MR) is 111 cm³/mol. The van der Waals surface area contributed by atoms with Gasteiger partial charge in [0.2, 0.25) is 0 Å². The maximum atomic E-state index is 13.4. The Morgan fingerprint density at radius 2 is 1.89 bits per heavy atom. The van der Waals surface area contributed by atoms with Crippen LogP contribution in [0.15, 0.2) is 60.8 Å². The van der Waals surface area contributed by atoms with Crippen LogP contribution in [0.1, 0.15) is 21.9 Å². The van der Waals surface area contributed by atoms with Crippen molar-refractivity contribution in [2.75, 3.05) is 0 Å². The van der Waals surface area contributed by atoms with Gasteiger partial charge in [0.15, 0.2) is 5.78 Å². The number of Topliss-reactive ketones (excluding diaryl/α,β-unsaturated/α-hetero) is 1. The van der Waals surface area contributed by atoms with E-state index in [2.05, 4.69) is 22.6 Å². The number of nitrogens with zero attached hydrogens (tertiary/aromatic N) is 3. The summed E-state index contributed by atoms with van der Waals surface area (Å²) in [5.74, 6) is 0.438. The second-order valence-corrected chi connectivity index (χ2v) is 6.98. The maximum absolute atomic E-state index is 13.4. The molecule has 2 aromatic heterocycles. The van der Waals surface area contributed by atoms with Gasteiger partial charge in [0, 0.05) is 28.7 Å². The molecule has 0 unspecified atom stereocenters. The fraction of sp³-hybridized carbons (Fsp3) is 0.0952. The molecule has 0 aliphatic rings. The summed E-state index contributed by atoms with van der Waals surface area (Å²) in [4.78, 5) is 21.9. The topological polar surface area (TPSA) is 47.8 Å².